The average molecular weight is 403 g/mol. The van der Waals surface area contributed by atoms with Crippen LogP contribution in [0.3, 0.4) is 0 Å². The molecule has 0 unspecified atom stereocenters. The molecule has 0 atom stereocenters. The van der Waals surface area contributed by atoms with Crippen molar-refractivity contribution in [2.45, 2.75) is 6.61 Å². The van der Waals surface area contributed by atoms with Crippen LogP contribution in [0.2, 0.25) is 0 Å². The van der Waals surface area contributed by atoms with E-state index in [2.05, 4.69) is 26.3 Å². The van der Waals surface area contributed by atoms with Gasteiger partial charge in [0.05, 0.1) is 18.8 Å². The summed E-state index contributed by atoms with van der Waals surface area (Å²) in [6.07, 6.45) is -0.284. The number of carbonyl (C=O) groups is 1. The van der Waals surface area contributed by atoms with Gasteiger partial charge in [-0.15, -0.1) is 5.11 Å². The number of amides is 1. The van der Waals surface area contributed by atoms with E-state index in [1.165, 1.54) is 0 Å². The number of carbonyl (C=O) groups excluding carboxylic acids is 1. The summed E-state index contributed by atoms with van der Waals surface area (Å²) in [5.41, 5.74) is 1.78. The van der Waals surface area contributed by atoms with Crippen LogP contribution in [0.25, 0.3) is 0 Å². The van der Waals surface area contributed by atoms with Crippen molar-refractivity contribution in [2.24, 2.45) is 10.3 Å². The number of hydrogen-bond donors (Lipinski definition) is 0. The van der Waals surface area contributed by atoms with Crippen LogP contribution in [0.15, 0.2) is 69.4 Å². The largest absolute Gasteiger partial charge is 0.445 e. The van der Waals surface area contributed by atoms with Crippen molar-refractivity contribution in [1.82, 2.24) is 9.91 Å². The van der Waals surface area contributed by atoms with Crippen molar-refractivity contribution in [3.8, 4) is 0 Å². The lowest BCUT2D eigenvalue weighted by atomic mass is 10.2. The molecule has 0 N–H and O–H groups in total. The van der Waals surface area contributed by atoms with Crippen molar-refractivity contribution >= 4 is 27.7 Å². The van der Waals surface area contributed by atoms with Gasteiger partial charge in [0, 0.05) is 17.6 Å². The third-order valence-electron chi connectivity index (χ3n) is 3.83. The van der Waals surface area contributed by atoms with Gasteiger partial charge >= 0.3 is 6.09 Å². The summed E-state index contributed by atoms with van der Waals surface area (Å²) < 4.78 is 6.36. The minimum atomic E-state index is -0.284. The molecule has 0 bridgehead atoms. The van der Waals surface area contributed by atoms with E-state index >= 15 is 0 Å². The molecule has 3 rings (SSSR count). The molecular formula is C18H19BrN4O2. The van der Waals surface area contributed by atoms with Gasteiger partial charge in [-0.1, -0.05) is 51.5 Å². The summed E-state index contributed by atoms with van der Waals surface area (Å²) in [5, 5.41) is 10.3. The molecule has 0 radical (unpaired) electrons. The van der Waals surface area contributed by atoms with Crippen LogP contribution >= 0.6 is 15.9 Å². The van der Waals surface area contributed by atoms with Crippen LogP contribution in [0.1, 0.15) is 5.56 Å². The zero-order chi connectivity index (χ0) is 17.5. The van der Waals surface area contributed by atoms with Gasteiger partial charge in [0.1, 0.15) is 6.61 Å². The molecule has 6 nitrogen and oxygen atoms in total. The molecule has 25 heavy (non-hydrogen) atoms. The predicted octanol–water partition coefficient (Wildman–Crippen LogP) is 4.40. The Morgan fingerprint density at radius 3 is 2.36 bits per heavy atom. The Kier molecular flexibility index (Phi) is 6.00. The van der Waals surface area contributed by atoms with Crippen molar-refractivity contribution in [1.29, 1.82) is 0 Å². The minimum Gasteiger partial charge on any atom is -0.445 e. The molecule has 0 saturated carbocycles. The Labute approximate surface area is 155 Å². The van der Waals surface area contributed by atoms with Crippen LogP contribution in [-0.4, -0.2) is 42.2 Å². The number of benzene rings is 2. The Morgan fingerprint density at radius 1 is 1.00 bits per heavy atom. The van der Waals surface area contributed by atoms with E-state index in [0.717, 1.165) is 15.7 Å². The van der Waals surface area contributed by atoms with E-state index < -0.39 is 0 Å². The topological polar surface area (TPSA) is 57.5 Å². The van der Waals surface area contributed by atoms with E-state index in [9.17, 15) is 4.79 Å². The quantitative estimate of drug-likeness (QED) is 0.711. The first-order valence-electron chi connectivity index (χ1n) is 8.08. The first-order chi connectivity index (χ1) is 12.2. The highest BCUT2D eigenvalue weighted by molar-refractivity contribution is 9.10. The Bertz CT molecular complexity index is 714. The second-order valence-electron chi connectivity index (χ2n) is 5.65. The van der Waals surface area contributed by atoms with E-state index in [4.69, 9.17) is 4.74 Å². The van der Waals surface area contributed by atoms with Crippen molar-refractivity contribution in [3.05, 3.63) is 64.6 Å². The van der Waals surface area contributed by atoms with Crippen LogP contribution in [0, 0.1) is 0 Å². The number of ether oxygens (including phenoxy) is 1. The van der Waals surface area contributed by atoms with E-state index in [1.54, 1.807) is 4.90 Å². The zero-order valence-corrected chi connectivity index (χ0v) is 15.3. The second kappa shape index (κ2) is 8.62. The lowest BCUT2D eigenvalue weighted by Gasteiger charge is -2.31. The maximum absolute atomic E-state index is 12.1. The molecule has 1 heterocycles. The molecule has 1 saturated heterocycles. The molecule has 0 spiro atoms. The smallest absolute Gasteiger partial charge is 0.410 e. The fraction of sp³-hybridized carbons (Fsp3) is 0.278. The third kappa shape index (κ3) is 5.29. The Morgan fingerprint density at radius 2 is 1.68 bits per heavy atom. The molecule has 1 aliphatic heterocycles. The van der Waals surface area contributed by atoms with Crippen LogP contribution in [0.4, 0.5) is 10.5 Å². The first kappa shape index (κ1) is 17.4. The third-order valence-corrected chi connectivity index (χ3v) is 4.36. The summed E-state index contributed by atoms with van der Waals surface area (Å²) in [5.74, 6) is 0. The van der Waals surface area contributed by atoms with E-state index in [0.29, 0.717) is 32.8 Å². The highest BCUT2D eigenvalue weighted by atomic mass is 79.9. The molecule has 1 amide bonds. The second-order valence-corrected chi connectivity index (χ2v) is 6.56. The molecule has 2 aromatic rings. The van der Waals surface area contributed by atoms with Crippen LogP contribution in [-0.2, 0) is 11.3 Å². The Hall–Kier alpha value is -2.41. The van der Waals surface area contributed by atoms with Gasteiger partial charge in [-0.05, 0) is 29.8 Å². The van der Waals surface area contributed by atoms with Crippen molar-refractivity contribution in [3.63, 3.8) is 0 Å². The van der Waals surface area contributed by atoms with Gasteiger partial charge in [0.2, 0.25) is 0 Å². The fourth-order valence-electron chi connectivity index (χ4n) is 2.40. The maximum Gasteiger partial charge on any atom is 0.410 e. The van der Waals surface area contributed by atoms with Gasteiger partial charge in [0.15, 0.2) is 0 Å². The average Bonchev–Trinajstić information content (AvgIpc) is 2.67. The number of nitrogens with zero attached hydrogens (tertiary/aromatic N) is 4. The molecule has 1 aliphatic rings. The zero-order valence-electron chi connectivity index (χ0n) is 13.7. The van der Waals surface area contributed by atoms with Crippen molar-refractivity contribution < 1.29 is 9.53 Å². The van der Waals surface area contributed by atoms with Crippen LogP contribution < -0.4 is 0 Å². The molecule has 7 heteroatoms. The summed E-state index contributed by atoms with van der Waals surface area (Å²) in [6.45, 7) is 2.73. The van der Waals surface area contributed by atoms with Gasteiger partial charge in [-0.25, -0.2) is 4.79 Å². The molecule has 0 aliphatic carbocycles. The van der Waals surface area contributed by atoms with Gasteiger partial charge in [0.25, 0.3) is 0 Å². The number of rotatable bonds is 4. The summed E-state index contributed by atoms with van der Waals surface area (Å²) in [6, 6.07) is 17.3. The van der Waals surface area contributed by atoms with Gasteiger partial charge in [-0.3, -0.25) is 5.01 Å². The minimum absolute atomic E-state index is 0.284. The normalized spacial score (nSPS) is 14.8. The fourth-order valence-corrected chi connectivity index (χ4v) is 2.67. The SMILES string of the molecule is O=C(OCc1ccccc1)N1CCN(N=Nc2ccc(Br)cc2)CC1. The summed E-state index contributed by atoms with van der Waals surface area (Å²) in [4.78, 5) is 13.8. The molecular weight excluding hydrogens is 384 g/mol. The highest BCUT2D eigenvalue weighted by Gasteiger charge is 2.21. The monoisotopic (exact) mass is 402 g/mol. The van der Waals surface area contributed by atoms with Crippen LogP contribution in [0.5, 0.6) is 0 Å². The molecule has 1 fully saturated rings. The Balaban J connectivity index is 1.43. The van der Waals surface area contributed by atoms with Crippen molar-refractivity contribution in [2.75, 3.05) is 26.2 Å². The number of hydrogen-bond acceptors (Lipinski definition) is 4. The molecule has 130 valence electrons. The highest BCUT2D eigenvalue weighted by Crippen LogP contribution is 2.17. The number of piperazine rings is 1. The summed E-state index contributed by atoms with van der Waals surface area (Å²) in [7, 11) is 0. The number of halogens is 1. The maximum atomic E-state index is 12.1. The van der Waals surface area contributed by atoms with E-state index in [1.807, 2.05) is 59.6 Å². The lowest BCUT2D eigenvalue weighted by molar-refractivity contribution is 0.0706. The lowest BCUT2D eigenvalue weighted by Crippen LogP contribution is -2.46. The predicted molar refractivity (Wildman–Crippen MR) is 98.4 cm³/mol. The van der Waals surface area contributed by atoms with Gasteiger partial charge in [-0.2, -0.15) is 0 Å². The standard InChI is InChI=1S/C18H19BrN4O2/c19-16-6-8-17(9-7-16)20-21-23-12-10-22(11-13-23)18(24)25-14-15-4-2-1-3-5-15/h1-9H,10-14H2. The molecule has 0 aromatic heterocycles. The van der Waals surface area contributed by atoms with E-state index in [-0.39, 0.29) is 6.09 Å². The molecule has 2 aromatic carbocycles. The first-order valence-corrected chi connectivity index (χ1v) is 8.88. The summed E-state index contributed by atoms with van der Waals surface area (Å²) >= 11 is 3.39. The van der Waals surface area contributed by atoms with Gasteiger partial charge < -0.3 is 9.64 Å².